The molecule has 0 unspecified atom stereocenters. The summed E-state index contributed by atoms with van der Waals surface area (Å²) in [5.41, 5.74) is 1.52. The van der Waals surface area contributed by atoms with E-state index in [1.54, 1.807) is 6.92 Å². The van der Waals surface area contributed by atoms with E-state index in [9.17, 15) is 9.90 Å². The van der Waals surface area contributed by atoms with E-state index in [-0.39, 0.29) is 35.7 Å². The average Bonchev–Trinajstić information content (AvgIpc) is 3.17. The van der Waals surface area contributed by atoms with E-state index in [0.29, 0.717) is 10.6 Å². The van der Waals surface area contributed by atoms with Gasteiger partial charge in [0.05, 0.1) is 17.3 Å². The van der Waals surface area contributed by atoms with Crippen molar-refractivity contribution < 1.29 is 19.4 Å². The molecule has 2 aromatic rings. The predicted molar refractivity (Wildman–Crippen MR) is 99.0 cm³/mol. The summed E-state index contributed by atoms with van der Waals surface area (Å²) in [6.07, 6.45) is 1.36. The lowest BCUT2D eigenvalue weighted by Gasteiger charge is -2.23. The monoisotopic (exact) mass is 394 g/mol. The van der Waals surface area contributed by atoms with E-state index in [2.05, 4.69) is 5.32 Å². The number of carbonyl (C=O) groups is 1. The number of benzene rings is 2. The average molecular weight is 395 g/mol. The van der Waals surface area contributed by atoms with Crippen LogP contribution in [0.25, 0.3) is 0 Å². The molecular formula is C18H16Cl2N2O4. The van der Waals surface area contributed by atoms with Crippen LogP contribution in [-0.4, -0.2) is 22.8 Å². The molecule has 0 atom stereocenters. The number of anilines is 1. The van der Waals surface area contributed by atoms with Crippen molar-refractivity contribution in [2.45, 2.75) is 13.5 Å². The minimum absolute atomic E-state index is 0.0291. The van der Waals surface area contributed by atoms with Crippen LogP contribution in [-0.2, 0) is 16.0 Å². The Bertz CT molecular complexity index is 856. The number of phenolic OH excluding ortho intramolecular Hbond substituents is 1. The van der Waals surface area contributed by atoms with Gasteiger partial charge in [0.25, 0.3) is 0 Å². The molecule has 2 N–H and O–H groups in total. The summed E-state index contributed by atoms with van der Waals surface area (Å²) in [5, 5.41) is 13.2. The number of rotatable bonds is 4. The van der Waals surface area contributed by atoms with Crippen molar-refractivity contribution in [3.8, 4) is 5.75 Å². The molecule has 0 fully saturated rings. The summed E-state index contributed by atoms with van der Waals surface area (Å²) >= 11 is 12.1. The Morgan fingerprint density at radius 3 is 2.69 bits per heavy atom. The van der Waals surface area contributed by atoms with Gasteiger partial charge in [-0.2, -0.15) is 0 Å². The third-order valence-corrected chi connectivity index (χ3v) is 4.67. The summed E-state index contributed by atoms with van der Waals surface area (Å²) in [4.78, 5) is 14.2. The molecule has 2 amide bonds. The highest BCUT2D eigenvalue weighted by Gasteiger charge is 2.25. The Balaban J connectivity index is 1.86. The largest absolute Gasteiger partial charge is 0.504 e. The summed E-state index contributed by atoms with van der Waals surface area (Å²) in [6, 6.07) is 10.3. The maximum Gasteiger partial charge on any atom is 0.329 e. The lowest BCUT2D eigenvalue weighted by Crippen LogP contribution is -2.34. The highest BCUT2D eigenvalue weighted by molar-refractivity contribution is 6.37. The number of phenols is 1. The number of amides is 2. The Kier molecular flexibility index (Phi) is 5.44. The van der Waals surface area contributed by atoms with E-state index in [1.165, 1.54) is 17.2 Å². The molecule has 6 nitrogen and oxygen atoms in total. The van der Waals surface area contributed by atoms with Crippen molar-refractivity contribution >= 4 is 34.9 Å². The van der Waals surface area contributed by atoms with Crippen LogP contribution in [0.5, 0.6) is 5.75 Å². The van der Waals surface area contributed by atoms with E-state index < -0.39 is 6.03 Å². The molecular weight excluding hydrogens is 379 g/mol. The molecule has 1 heterocycles. The van der Waals surface area contributed by atoms with Crippen molar-refractivity contribution in [3.63, 3.8) is 0 Å². The lowest BCUT2D eigenvalue weighted by molar-refractivity contribution is 0.0554. The molecule has 0 saturated carbocycles. The second kappa shape index (κ2) is 7.76. The quantitative estimate of drug-likeness (QED) is 0.727. The fourth-order valence-corrected chi connectivity index (χ4v) is 2.83. The van der Waals surface area contributed by atoms with E-state index in [4.69, 9.17) is 32.7 Å². The summed E-state index contributed by atoms with van der Waals surface area (Å²) < 4.78 is 10.4. The Labute approximate surface area is 160 Å². The van der Waals surface area contributed by atoms with Crippen molar-refractivity contribution in [3.05, 3.63) is 69.7 Å². The topological polar surface area (TPSA) is 71.0 Å². The molecule has 0 spiro atoms. The van der Waals surface area contributed by atoms with Crippen LogP contribution in [0.4, 0.5) is 10.5 Å². The smallest absolute Gasteiger partial charge is 0.329 e. The second-order valence-corrected chi connectivity index (χ2v) is 6.37. The van der Waals surface area contributed by atoms with Gasteiger partial charge >= 0.3 is 6.03 Å². The van der Waals surface area contributed by atoms with Crippen LogP contribution in [0, 0.1) is 6.92 Å². The van der Waals surface area contributed by atoms with E-state index >= 15 is 0 Å². The molecule has 0 radical (unpaired) electrons. The van der Waals surface area contributed by atoms with Gasteiger partial charge in [-0.25, -0.2) is 4.79 Å². The summed E-state index contributed by atoms with van der Waals surface area (Å²) in [7, 11) is 0. The molecule has 8 heteroatoms. The first-order chi connectivity index (χ1) is 12.5. The standard InChI is InChI=1S/C18H16Cl2N2O4/c1-11-13(19)7-14(17(23)16(11)20)21-18(24)22(15-9-25-10-26-15)8-12-5-3-2-4-6-12/h2-7,9,23H,8,10H2,1H3,(H,21,24). The highest BCUT2D eigenvalue weighted by Crippen LogP contribution is 2.39. The van der Waals surface area contributed by atoms with E-state index in [1.807, 2.05) is 30.3 Å². The predicted octanol–water partition coefficient (Wildman–Crippen LogP) is 4.84. The molecule has 3 rings (SSSR count). The zero-order valence-corrected chi connectivity index (χ0v) is 15.3. The first-order valence-electron chi connectivity index (χ1n) is 7.72. The van der Waals surface area contributed by atoms with Gasteiger partial charge in [0.2, 0.25) is 12.7 Å². The van der Waals surface area contributed by atoms with Crippen LogP contribution in [0.15, 0.2) is 48.5 Å². The van der Waals surface area contributed by atoms with Crippen molar-refractivity contribution in [1.82, 2.24) is 4.90 Å². The minimum atomic E-state index is -0.531. The van der Waals surface area contributed by atoms with Gasteiger partial charge in [0.1, 0.15) is 6.26 Å². The zero-order chi connectivity index (χ0) is 18.7. The van der Waals surface area contributed by atoms with E-state index in [0.717, 1.165) is 5.56 Å². The number of nitrogens with zero attached hydrogens (tertiary/aromatic N) is 1. The molecule has 0 saturated heterocycles. The minimum Gasteiger partial charge on any atom is -0.504 e. The number of carbonyl (C=O) groups excluding carboxylic acids is 1. The molecule has 1 aliphatic heterocycles. The first-order valence-corrected chi connectivity index (χ1v) is 8.47. The maximum atomic E-state index is 12.8. The second-order valence-electron chi connectivity index (χ2n) is 5.58. The maximum absolute atomic E-state index is 12.8. The van der Waals surface area contributed by atoms with Crippen molar-refractivity contribution in [1.29, 1.82) is 0 Å². The SMILES string of the molecule is Cc1c(Cl)cc(NC(=O)N(Cc2ccccc2)C2=COCO2)c(O)c1Cl. The number of hydrogen-bond donors (Lipinski definition) is 2. The van der Waals surface area contributed by atoms with Gasteiger partial charge in [0.15, 0.2) is 5.75 Å². The fourth-order valence-electron chi connectivity index (χ4n) is 2.37. The summed E-state index contributed by atoms with van der Waals surface area (Å²) in [6.45, 7) is 1.95. The van der Waals surface area contributed by atoms with Gasteiger partial charge < -0.3 is 19.9 Å². The van der Waals surface area contributed by atoms with Crippen molar-refractivity contribution in [2.75, 3.05) is 12.1 Å². The molecule has 0 aromatic heterocycles. The lowest BCUT2D eigenvalue weighted by atomic mass is 10.2. The Morgan fingerprint density at radius 1 is 1.31 bits per heavy atom. The van der Waals surface area contributed by atoms with Crippen LogP contribution in [0.3, 0.4) is 0 Å². The number of hydrogen-bond acceptors (Lipinski definition) is 4. The Hall–Kier alpha value is -2.57. The molecule has 0 bridgehead atoms. The fraction of sp³-hybridized carbons (Fsp3) is 0.167. The van der Waals surface area contributed by atoms with Gasteiger partial charge in [0, 0.05) is 5.02 Å². The summed E-state index contributed by atoms with van der Waals surface area (Å²) in [5.74, 6) is 0.00861. The third kappa shape index (κ3) is 3.81. The molecule has 1 aliphatic rings. The molecule has 0 aliphatic carbocycles. The van der Waals surface area contributed by atoms with Crippen LogP contribution >= 0.6 is 23.2 Å². The zero-order valence-electron chi connectivity index (χ0n) is 13.8. The van der Waals surface area contributed by atoms with Gasteiger partial charge in [-0.15, -0.1) is 0 Å². The normalized spacial score (nSPS) is 12.8. The number of ether oxygens (including phenoxy) is 2. The van der Waals surface area contributed by atoms with Crippen LogP contribution < -0.4 is 5.32 Å². The van der Waals surface area contributed by atoms with Gasteiger partial charge in [-0.3, -0.25) is 4.90 Å². The van der Waals surface area contributed by atoms with Crippen LogP contribution in [0.1, 0.15) is 11.1 Å². The molecule has 2 aromatic carbocycles. The van der Waals surface area contributed by atoms with Crippen LogP contribution in [0.2, 0.25) is 10.0 Å². The van der Waals surface area contributed by atoms with Gasteiger partial charge in [-0.1, -0.05) is 53.5 Å². The number of aromatic hydroxyl groups is 1. The molecule has 26 heavy (non-hydrogen) atoms. The highest BCUT2D eigenvalue weighted by atomic mass is 35.5. The number of halogens is 2. The Morgan fingerprint density at radius 2 is 2.04 bits per heavy atom. The first kappa shape index (κ1) is 18.2. The van der Waals surface area contributed by atoms with Gasteiger partial charge in [-0.05, 0) is 24.1 Å². The molecule has 136 valence electrons. The number of urea groups is 1. The number of nitrogens with one attached hydrogen (secondary N) is 1. The third-order valence-electron chi connectivity index (χ3n) is 3.82. The van der Waals surface area contributed by atoms with Crippen molar-refractivity contribution in [2.24, 2.45) is 0 Å².